The fourth-order valence-corrected chi connectivity index (χ4v) is 2.31. The van der Waals surface area contributed by atoms with E-state index in [-0.39, 0.29) is 29.8 Å². The number of benzene rings is 1. The molecule has 0 aliphatic rings. The lowest BCUT2D eigenvalue weighted by Crippen LogP contribution is -2.42. The minimum absolute atomic E-state index is 0. The Morgan fingerprint density at radius 2 is 2.13 bits per heavy atom. The molecule has 0 aliphatic heterocycles. The maximum absolute atomic E-state index is 13.2. The van der Waals surface area contributed by atoms with Gasteiger partial charge in [0.2, 0.25) is 0 Å². The van der Waals surface area contributed by atoms with Crippen LogP contribution in [0.1, 0.15) is 32.8 Å². The highest BCUT2D eigenvalue weighted by molar-refractivity contribution is 14.0. The number of aromatic amines is 1. The molecule has 0 spiro atoms. The van der Waals surface area contributed by atoms with Crippen molar-refractivity contribution in [1.82, 2.24) is 15.6 Å². The van der Waals surface area contributed by atoms with Gasteiger partial charge in [-0.2, -0.15) is 0 Å². The molecule has 0 saturated heterocycles. The van der Waals surface area contributed by atoms with Gasteiger partial charge in [-0.3, -0.25) is 4.99 Å². The minimum atomic E-state index is -0.217. The zero-order valence-corrected chi connectivity index (χ0v) is 16.3. The summed E-state index contributed by atoms with van der Waals surface area (Å²) < 4.78 is 13.2. The van der Waals surface area contributed by atoms with Gasteiger partial charge >= 0.3 is 0 Å². The Hall–Kier alpha value is -1.31. The molecule has 1 unspecified atom stereocenters. The molecule has 0 aliphatic carbocycles. The second kappa shape index (κ2) is 9.75. The lowest BCUT2D eigenvalue weighted by molar-refractivity contribution is 0.624. The van der Waals surface area contributed by atoms with Crippen molar-refractivity contribution in [2.75, 3.05) is 13.1 Å². The molecule has 128 valence electrons. The summed E-state index contributed by atoms with van der Waals surface area (Å²) in [6, 6.07) is 5.24. The Morgan fingerprint density at radius 3 is 2.83 bits per heavy atom. The monoisotopic (exact) mass is 432 g/mol. The van der Waals surface area contributed by atoms with Gasteiger partial charge in [0.05, 0.1) is 0 Å². The van der Waals surface area contributed by atoms with E-state index in [1.54, 1.807) is 0 Å². The van der Waals surface area contributed by atoms with Crippen molar-refractivity contribution in [3.8, 4) is 0 Å². The van der Waals surface area contributed by atoms with E-state index < -0.39 is 0 Å². The molecule has 1 aromatic heterocycles. The number of hydrogen-bond acceptors (Lipinski definition) is 1. The summed E-state index contributed by atoms with van der Waals surface area (Å²) in [5.41, 5.74) is 2.00. The highest BCUT2D eigenvalue weighted by atomic mass is 127. The molecule has 0 bridgehead atoms. The van der Waals surface area contributed by atoms with Crippen LogP contribution in [0.2, 0.25) is 0 Å². The summed E-state index contributed by atoms with van der Waals surface area (Å²) in [4.78, 5) is 7.72. The number of guanidine groups is 1. The van der Waals surface area contributed by atoms with Crippen molar-refractivity contribution in [3.05, 3.63) is 35.8 Å². The number of aliphatic imine (C=N–C) groups is 1. The lowest BCUT2D eigenvalue weighted by atomic mass is 10.1. The quantitative estimate of drug-likeness (QED) is 0.369. The summed E-state index contributed by atoms with van der Waals surface area (Å²) in [6.07, 6.45) is 3.82. The largest absolute Gasteiger partial charge is 0.361 e. The maximum Gasteiger partial charge on any atom is 0.191 e. The minimum Gasteiger partial charge on any atom is -0.361 e. The van der Waals surface area contributed by atoms with E-state index in [4.69, 9.17) is 0 Å². The van der Waals surface area contributed by atoms with Crippen LogP contribution in [0.3, 0.4) is 0 Å². The molecular formula is C17H26FIN4. The number of hydrogen-bond donors (Lipinski definition) is 3. The highest BCUT2D eigenvalue weighted by Crippen LogP contribution is 2.19. The van der Waals surface area contributed by atoms with E-state index in [0.29, 0.717) is 12.6 Å². The van der Waals surface area contributed by atoms with E-state index in [1.807, 2.05) is 12.3 Å². The van der Waals surface area contributed by atoms with Crippen molar-refractivity contribution in [2.45, 2.75) is 39.7 Å². The SMILES string of the molecule is CCNC(=NCCc1c[nH]c2cc(F)ccc12)NC(C)CC.I. The van der Waals surface area contributed by atoms with Gasteiger partial charge in [-0.1, -0.05) is 6.92 Å². The third kappa shape index (κ3) is 5.67. The van der Waals surface area contributed by atoms with Crippen molar-refractivity contribution in [2.24, 2.45) is 4.99 Å². The van der Waals surface area contributed by atoms with Crippen LogP contribution in [0.4, 0.5) is 4.39 Å². The first kappa shape index (κ1) is 19.7. The molecule has 0 amide bonds. The molecule has 23 heavy (non-hydrogen) atoms. The summed E-state index contributed by atoms with van der Waals surface area (Å²) in [7, 11) is 0. The molecule has 0 radical (unpaired) electrons. The topological polar surface area (TPSA) is 52.2 Å². The van der Waals surface area contributed by atoms with Crippen molar-refractivity contribution < 1.29 is 4.39 Å². The van der Waals surface area contributed by atoms with Crippen molar-refractivity contribution in [1.29, 1.82) is 0 Å². The number of halogens is 2. The van der Waals surface area contributed by atoms with Crippen LogP contribution < -0.4 is 10.6 Å². The van der Waals surface area contributed by atoms with Crippen molar-refractivity contribution >= 4 is 40.8 Å². The summed E-state index contributed by atoms with van der Waals surface area (Å²) >= 11 is 0. The van der Waals surface area contributed by atoms with Gasteiger partial charge < -0.3 is 15.6 Å². The Labute approximate surface area is 154 Å². The third-order valence-electron chi connectivity index (χ3n) is 3.72. The average Bonchev–Trinajstić information content (AvgIpc) is 2.89. The third-order valence-corrected chi connectivity index (χ3v) is 3.72. The normalized spacial score (nSPS) is 12.8. The molecule has 2 aromatic rings. The van der Waals surface area contributed by atoms with E-state index in [1.165, 1.54) is 12.1 Å². The van der Waals surface area contributed by atoms with Gasteiger partial charge in [-0.05, 0) is 50.5 Å². The predicted octanol–water partition coefficient (Wildman–Crippen LogP) is 3.82. The van der Waals surface area contributed by atoms with E-state index in [0.717, 1.165) is 41.8 Å². The number of fused-ring (bicyclic) bond motifs is 1. The summed E-state index contributed by atoms with van der Waals surface area (Å²) in [6.45, 7) is 7.88. The van der Waals surface area contributed by atoms with Gasteiger partial charge in [0, 0.05) is 36.2 Å². The van der Waals surface area contributed by atoms with Gasteiger partial charge in [0.15, 0.2) is 5.96 Å². The van der Waals surface area contributed by atoms with Crippen LogP contribution in [0.5, 0.6) is 0 Å². The van der Waals surface area contributed by atoms with Gasteiger partial charge in [0.25, 0.3) is 0 Å². The molecule has 0 fully saturated rings. The standard InChI is InChI=1S/C17H25FN4.HI/c1-4-12(3)22-17(19-5-2)20-9-8-13-11-21-16-10-14(18)6-7-15(13)16;/h6-7,10-12,21H,4-5,8-9H2,1-3H3,(H2,19,20,22);1H. The van der Waals surface area contributed by atoms with E-state index >= 15 is 0 Å². The molecule has 6 heteroatoms. The molecule has 1 atom stereocenters. The van der Waals surface area contributed by atoms with Gasteiger partial charge in [-0.25, -0.2) is 4.39 Å². The summed E-state index contributed by atoms with van der Waals surface area (Å²) in [5.74, 6) is 0.633. The zero-order valence-electron chi connectivity index (χ0n) is 13.9. The lowest BCUT2D eigenvalue weighted by Gasteiger charge is -2.16. The van der Waals surface area contributed by atoms with Crippen LogP contribution in [0.25, 0.3) is 10.9 Å². The van der Waals surface area contributed by atoms with Crippen LogP contribution in [0.15, 0.2) is 29.4 Å². The first-order chi connectivity index (χ1) is 10.6. The summed E-state index contributed by atoms with van der Waals surface area (Å²) in [5, 5.41) is 7.69. The molecule has 0 saturated carbocycles. The van der Waals surface area contributed by atoms with Crippen LogP contribution in [0, 0.1) is 5.82 Å². The average molecular weight is 432 g/mol. The number of nitrogens with one attached hydrogen (secondary N) is 3. The zero-order chi connectivity index (χ0) is 15.9. The fraction of sp³-hybridized carbons (Fsp3) is 0.471. The first-order valence-corrected chi connectivity index (χ1v) is 7.94. The number of aromatic nitrogens is 1. The smallest absolute Gasteiger partial charge is 0.191 e. The van der Waals surface area contributed by atoms with E-state index in [2.05, 4.69) is 41.4 Å². The van der Waals surface area contributed by atoms with Crippen molar-refractivity contribution in [3.63, 3.8) is 0 Å². The highest BCUT2D eigenvalue weighted by Gasteiger charge is 2.05. The molecule has 4 nitrogen and oxygen atoms in total. The Balaban J connectivity index is 0.00000264. The van der Waals surface area contributed by atoms with Crippen LogP contribution in [-0.2, 0) is 6.42 Å². The molecular weight excluding hydrogens is 406 g/mol. The first-order valence-electron chi connectivity index (χ1n) is 7.94. The number of H-pyrrole nitrogens is 1. The second-order valence-corrected chi connectivity index (χ2v) is 5.47. The Morgan fingerprint density at radius 1 is 1.35 bits per heavy atom. The predicted molar refractivity (Wildman–Crippen MR) is 106 cm³/mol. The molecule has 1 heterocycles. The Kier molecular flexibility index (Phi) is 8.36. The van der Waals surface area contributed by atoms with Crippen LogP contribution in [-0.4, -0.2) is 30.1 Å². The van der Waals surface area contributed by atoms with Gasteiger partial charge in [-0.15, -0.1) is 24.0 Å². The molecule has 2 rings (SSSR count). The molecule has 3 N–H and O–H groups in total. The van der Waals surface area contributed by atoms with Crippen LogP contribution >= 0.6 is 24.0 Å². The van der Waals surface area contributed by atoms with E-state index in [9.17, 15) is 4.39 Å². The number of rotatable bonds is 6. The fourth-order valence-electron chi connectivity index (χ4n) is 2.31. The Bertz CT molecular complexity index is 639. The maximum atomic E-state index is 13.2. The second-order valence-electron chi connectivity index (χ2n) is 5.47. The number of nitrogens with zero attached hydrogens (tertiary/aromatic N) is 1. The van der Waals surface area contributed by atoms with Gasteiger partial charge in [0.1, 0.15) is 5.82 Å². The molecule has 1 aromatic carbocycles.